The van der Waals surface area contributed by atoms with Gasteiger partial charge in [-0.05, 0) is 25.0 Å². The van der Waals surface area contributed by atoms with E-state index in [1.54, 1.807) is 18.3 Å². The minimum absolute atomic E-state index is 0.113. The molecule has 3 nitrogen and oxygen atoms in total. The van der Waals surface area contributed by atoms with Crippen molar-refractivity contribution in [2.45, 2.75) is 24.0 Å². The Kier molecular flexibility index (Phi) is 3.46. The molecule has 0 N–H and O–H groups in total. The van der Waals surface area contributed by atoms with Crippen LogP contribution in [0.5, 0.6) is 0 Å². The number of imidazole rings is 1. The number of ketones is 1. The number of hydrogen-bond donors (Lipinski definition) is 0. The summed E-state index contributed by atoms with van der Waals surface area (Å²) in [7, 11) is 0. The zero-order chi connectivity index (χ0) is 12.5. The zero-order valence-corrected chi connectivity index (χ0v) is 11.9. The largest absolute Gasteiger partial charge is 0.323 e. The molecule has 94 valence electrons. The molecule has 2 aromatic rings. The fourth-order valence-electron chi connectivity index (χ4n) is 1.71. The van der Waals surface area contributed by atoms with Gasteiger partial charge >= 0.3 is 0 Å². The van der Waals surface area contributed by atoms with Crippen LogP contribution in [0.3, 0.4) is 0 Å². The Labute approximate surface area is 118 Å². The second kappa shape index (κ2) is 5.07. The van der Waals surface area contributed by atoms with Gasteiger partial charge in [0.05, 0.1) is 15.0 Å². The van der Waals surface area contributed by atoms with Crippen LogP contribution < -0.4 is 0 Å². The van der Waals surface area contributed by atoms with Crippen molar-refractivity contribution in [2.75, 3.05) is 5.75 Å². The molecule has 0 aliphatic heterocycles. The molecule has 2 aromatic heterocycles. The molecule has 2 heterocycles. The Balaban J connectivity index is 1.63. The SMILES string of the molecule is O=C(CSc1nccn1C1CC1)c1ccc(Cl)s1. The van der Waals surface area contributed by atoms with Crippen molar-refractivity contribution in [3.8, 4) is 0 Å². The van der Waals surface area contributed by atoms with E-state index in [0.717, 1.165) is 10.0 Å². The van der Waals surface area contributed by atoms with E-state index >= 15 is 0 Å². The molecule has 1 aliphatic rings. The predicted molar refractivity (Wildman–Crippen MR) is 74.9 cm³/mol. The molecular weight excluding hydrogens is 288 g/mol. The van der Waals surface area contributed by atoms with Crippen LogP contribution in [0.1, 0.15) is 28.6 Å². The van der Waals surface area contributed by atoms with E-state index in [1.807, 2.05) is 6.20 Å². The summed E-state index contributed by atoms with van der Waals surface area (Å²) in [5.41, 5.74) is 0. The van der Waals surface area contributed by atoms with Gasteiger partial charge in [0.2, 0.25) is 0 Å². The first kappa shape index (κ1) is 12.3. The van der Waals surface area contributed by atoms with E-state index in [0.29, 0.717) is 16.1 Å². The quantitative estimate of drug-likeness (QED) is 0.620. The molecule has 0 radical (unpaired) electrons. The van der Waals surface area contributed by atoms with Crippen LogP contribution in [0.2, 0.25) is 4.34 Å². The predicted octanol–water partition coefficient (Wildman–Crippen LogP) is 3.91. The molecule has 0 aromatic carbocycles. The van der Waals surface area contributed by atoms with Crippen molar-refractivity contribution in [3.05, 3.63) is 33.7 Å². The van der Waals surface area contributed by atoms with Gasteiger partial charge in [0.1, 0.15) is 0 Å². The Morgan fingerprint density at radius 1 is 1.56 bits per heavy atom. The first-order valence-electron chi connectivity index (χ1n) is 5.68. The van der Waals surface area contributed by atoms with Gasteiger partial charge in [0.15, 0.2) is 10.9 Å². The maximum absolute atomic E-state index is 11.9. The molecular formula is C12H11ClN2OS2. The molecule has 1 aliphatic carbocycles. The highest BCUT2D eigenvalue weighted by atomic mass is 35.5. The fourth-order valence-corrected chi connectivity index (χ4v) is 3.69. The average Bonchev–Trinajstić information content (AvgIpc) is 2.94. The van der Waals surface area contributed by atoms with Gasteiger partial charge in [-0.15, -0.1) is 11.3 Å². The standard InChI is InChI=1S/C12H11ClN2OS2/c13-11-4-3-10(18-11)9(16)7-17-12-14-5-6-15(12)8-1-2-8/h3-6,8H,1-2,7H2. The van der Waals surface area contributed by atoms with Gasteiger partial charge in [-0.3, -0.25) is 4.79 Å². The Hall–Kier alpha value is -0.780. The molecule has 0 bridgehead atoms. The molecule has 0 atom stereocenters. The number of thiophene rings is 1. The van der Waals surface area contributed by atoms with E-state index in [-0.39, 0.29) is 5.78 Å². The molecule has 0 amide bonds. The summed E-state index contributed by atoms with van der Waals surface area (Å²) >= 11 is 8.65. The van der Waals surface area contributed by atoms with Crippen molar-refractivity contribution < 1.29 is 4.79 Å². The third-order valence-electron chi connectivity index (χ3n) is 2.75. The van der Waals surface area contributed by atoms with Crippen molar-refractivity contribution in [1.29, 1.82) is 0 Å². The molecule has 0 spiro atoms. The van der Waals surface area contributed by atoms with Crippen LogP contribution in [0.4, 0.5) is 0 Å². The zero-order valence-electron chi connectivity index (χ0n) is 9.51. The number of Topliss-reactive ketones (excluding diaryl/α,β-unsaturated/α-hetero) is 1. The van der Waals surface area contributed by atoms with Crippen molar-refractivity contribution in [1.82, 2.24) is 9.55 Å². The number of carbonyl (C=O) groups is 1. The molecule has 6 heteroatoms. The van der Waals surface area contributed by atoms with Crippen molar-refractivity contribution >= 4 is 40.5 Å². The minimum atomic E-state index is 0.113. The van der Waals surface area contributed by atoms with Crippen molar-refractivity contribution in [3.63, 3.8) is 0 Å². The van der Waals surface area contributed by atoms with Gasteiger partial charge in [0.25, 0.3) is 0 Å². The summed E-state index contributed by atoms with van der Waals surface area (Å²) in [5, 5.41) is 0.938. The lowest BCUT2D eigenvalue weighted by atomic mass is 10.4. The molecule has 0 saturated heterocycles. The van der Waals surface area contributed by atoms with E-state index in [2.05, 4.69) is 9.55 Å². The third-order valence-corrected chi connectivity index (χ3v) is 5.01. The average molecular weight is 299 g/mol. The monoisotopic (exact) mass is 298 g/mol. The van der Waals surface area contributed by atoms with Crippen LogP contribution >= 0.6 is 34.7 Å². The van der Waals surface area contributed by atoms with Gasteiger partial charge in [-0.2, -0.15) is 0 Å². The van der Waals surface area contributed by atoms with Gasteiger partial charge in [-0.1, -0.05) is 23.4 Å². The highest BCUT2D eigenvalue weighted by Crippen LogP contribution is 2.37. The smallest absolute Gasteiger partial charge is 0.183 e. The summed E-state index contributed by atoms with van der Waals surface area (Å²) in [4.78, 5) is 17.0. The Morgan fingerprint density at radius 2 is 2.39 bits per heavy atom. The lowest BCUT2D eigenvalue weighted by Crippen LogP contribution is -2.02. The van der Waals surface area contributed by atoms with E-state index in [1.165, 1.54) is 35.9 Å². The maximum Gasteiger partial charge on any atom is 0.183 e. The van der Waals surface area contributed by atoms with Crippen LogP contribution in [0.15, 0.2) is 29.7 Å². The summed E-state index contributed by atoms with van der Waals surface area (Å²) in [6.07, 6.45) is 6.23. The van der Waals surface area contributed by atoms with Crippen LogP contribution in [-0.2, 0) is 0 Å². The topological polar surface area (TPSA) is 34.9 Å². The molecule has 3 rings (SSSR count). The lowest BCUT2D eigenvalue weighted by molar-refractivity contribution is 0.102. The number of halogens is 1. The fraction of sp³-hybridized carbons (Fsp3) is 0.333. The van der Waals surface area contributed by atoms with Crippen LogP contribution in [-0.4, -0.2) is 21.1 Å². The second-order valence-electron chi connectivity index (χ2n) is 4.16. The van der Waals surface area contributed by atoms with E-state index < -0.39 is 0 Å². The summed E-state index contributed by atoms with van der Waals surface area (Å²) in [6, 6.07) is 4.14. The second-order valence-corrected chi connectivity index (χ2v) is 6.82. The van der Waals surface area contributed by atoms with Gasteiger partial charge < -0.3 is 4.57 Å². The van der Waals surface area contributed by atoms with Gasteiger partial charge in [0, 0.05) is 18.4 Å². The number of nitrogens with zero attached hydrogens (tertiary/aromatic N) is 2. The van der Waals surface area contributed by atoms with Crippen molar-refractivity contribution in [2.24, 2.45) is 0 Å². The number of carbonyl (C=O) groups excluding carboxylic acids is 1. The number of rotatable bonds is 5. The molecule has 1 fully saturated rings. The molecule has 1 saturated carbocycles. The summed E-state index contributed by atoms with van der Waals surface area (Å²) in [5.74, 6) is 0.530. The maximum atomic E-state index is 11.9. The summed E-state index contributed by atoms with van der Waals surface area (Å²) < 4.78 is 2.82. The van der Waals surface area contributed by atoms with Crippen LogP contribution in [0, 0.1) is 0 Å². The first-order valence-corrected chi connectivity index (χ1v) is 7.86. The lowest BCUT2D eigenvalue weighted by Gasteiger charge is -2.04. The third kappa shape index (κ3) is 2.63. The highest BCUT2D eigenvalue weighted by molar-refractivity contribution is 7.99. The number of aromatic nitrogens is 2. The minimum Gasteiger partial charge on any atom is -0.323 e. The summed E-state index contributed by atoms with van der Waals surface area (Å²) in [6.45, 7) is 0. The normalized spacial score (nSPS) is 14.9. The number of thioether (sulfide) groups is 1. The molecule has 18 heavy (non-hydrogen) atoms. The first-order chi connectivity index (χ1) is 8.74. The van der Waals surface area contributed by atoms with Crippen LogP contribution in [0.25, 0.3) is 0 Å². The van der Waals surface area contributed by atoms with E-state index in [4.69, 9.17) is 11.6 Å². The Morgan fingerprint density at radius 3 is 3.06 bits per heavy atom. The highest BCUT2D eigenvalue weighted by Gasteiger charge is 2.25. The molecule has 0 unspecified atom stereocenters. The van der Waals surface area contributed by atoms with Gasteiger partial charge in [-0.25, -0.2) is 4.98 Å². The Bertz CT molecular complexity index is 574. The number of hydrogen-bond acceptors (Lipinski definition) is 4. The van der Waals surface area contributed by atoms with E-state index in [9.17, 15) is 4.79 Å².